The number of aryl methyl sites for hydroxylation is 1. The Kier molecular flexibility index (Phi) is 3.29. The van der Waals surface area contributed by atoms with E-state index in [4.69, 9.17) is 4.42 Å². The van der Waals surface area contributed by atoms with Crippen molar-refractivity contribution in [2.75, 3.05) is 11.4 Å². The van der Waals surface area contributed by atoms with E-state index in [2.05, 4.69) is 19.9 Å². The molecule has 23 heavy (non-hydrogen) atoms. The van der Waals surface area contributed by atoms with Gasteiger partial charge in [0, 0.05) is 31.0 Å². The fourth-order valence-electron chi connectivity index (χ4n) is 2.85. The summed E-state index contributed by atoms with van der Waals surface area (Å²) in [4.78, 5) is 14.6. The number of benzene rings is 1. The summed E-state index contributed by atoms with van der Waals surface area (Å²) in [5.74, 6) is 1.20. The first-order valence-corrected chi connectivity index (χ1v) is 7.45. The van der Waals surface area contributed by atoms with Crippen LogP contribution in [-0.2, 0) is 13.0 Å². The van der Waals surface area contributed by atoms with Crippen LogP contribution in [0.2, 0.25) is 0 Å². The minimum absolute atomic E-state index is 0.215. The molecule has 0 spiro atoms. The Bertz CT molecular complexity index is 827. The van der Waals surface area contributed by atoms with Gasteiger partial charge in [-0.3, -0.25) is 0 Å². The molecular weight excluding hydrogens is 295 g/mol. The standard InChI is InChI=1S/C17H15FN4O/c1-11-4-13(18)6-14(5-11)22-3-2-16-15(9-22)21-17(23-16)12-7-19-10-20-8-12/h4-8,10H,2-3,9H2,1H3. The van der Waals surface area contributed by atoms with Crippen LogP contribution >= 0.6 is 0 Å². The summed E-state index contributed by atoms with van der Waals surface area (Å²) in [6, 6.07) is 5.08. The van der Waals surface area contributed by atoms with Crippen LogP contribution < -0.4 is 4.90 Å². The second-order valence-corrected chi connectivity index (χ2v) is 5.67. The third-order valence-corrected chi connectivity index (χ3v) is 3.93. The van der Waals surface area contributed by atoms with E-state index in [1.54, 1.807) is 18.5 Å². The molecule has 4 rings (SSSR count). The summed E-state index contributed by atoms with van der Waals surface area (Å²) >= 11 is 0. The van der Waals surface area contributed by atoms with Crippen molar-refractivity contribution in [1.29, 1.82) is 0 Å². The van der Waals surface area contributed by atoms with Gasteiger partial charge in [0.1, 0.15) is 23.6 Å². The maximum absolute atomic E-state index is 13.6. The van der Waals surface area contributed by atoms with Crippen LogP contribution in [0.4, 0.5) is 10.1 Å². The molecule has 1 aromatic carbocycles. The van der Waals surface area contributed by atoms with Crippen molar-refractivity contribution in [1.82, 2.24) is 15.0 Å². The SMILES string of the molecule is Cc1cc(F)cc(N2CCc3oc(-c4cncnc4)nc3C2)c1. The van der Waals surface area contributed by atoms with E-state index in [0.717, 1.165) is 41.2 Å². The molecule has 0 radical (unpaired) electrons. The fraction of sp³-hybridized carbons (Fsp3) is 0.235. The average molecular weight is 310 g/mol. The summed E-state index contributed by atoms with van der Waals surface area (Å²) < 4.78 is 19.5. The lowest BCUT2D eigenvalue weighted by Gasteiger charge is -2.27. The molecule has 0 fully saturated rings. The molecule has 0 unspecified atom stereocenters. The molecule has 2 aromatic heterocycles. The van der Waals surface area contributed by atoms with Crippen molar-refractivity contribution in [2.24, 2.45) is 0 Å². The van der Waals surface area contributed by atoms with Crippen molar-refractivity contribution in [2.45, 2.75) is 19.9 Å². The zero-order valence-electron chi connectivity index (χ0n) is 12.7. The second-order valence-electron chi connectivity index (χ2n) is 5.67. The molecule has 0 saturated heterocycles. The zero-order chi connectivity index (χ0) is 15.8. The minimum Gasteiger partial charge on any atom is -0.441 e. The van der Waals surface area contributed by atoms with E-state index in [-0.39, 0.29) is 5.82 Å². The quantitative estimate of drug-likeness (QED) is 0.728. The molecule has 1 aliphatic rings. The topological polar surface area (TPSA) is 55.1 Å². The van der Waals surface area contributed by atoms with E-state index in [9.17, 15) is 4.39 Å². The zero-order valence-corrected chi connectivity index (χ0v) is 12.7. The highest BCUT2D eigenvalue weighted by atomic mass is 19.1. The minimum atomic E-state index is -0.215. The molecule has 116 valence electrons. The van der Waals surface area contributed by atoms with Gasteiger partial charge in [0.15, 0.2) is 0 Å². The third kappa shape index (κ3) is 2.67. The summed E-state index contributed by atoms with van der Waals surface area (Å²) in [6.45, 7) is 3.27. The third-order valence-electron chi connectivity index (χ3n) is 3.93. The van der Waals surface area contributed by atoms with Crippen LogP contribution in [0.5, 0.6) is 0 Å². The normalized spacial score (nSPS) is 13.9. The molecule has 0 aliphatic carbocycles. The molecule has 0 atom stereocenters. The van der Waals surface area contributed by atoms with Gasteiger partial charge in [-0.15, -0.1) is 0 Å². The van der Waals surface area contributed by atoms with Crippen LogP contribution in [0.15, 0.2) is 41.3 Å². The molecular formula is C17H15FN4O. The largest absolute Gasteiger partial charge is 0.441 e. The Hall–Kier alpha value is -2.76. The first-order chi connectivity index (χ1) is 11.2. The second kappa shape index (κ2) is 5.46. The summed E-state index contributed by atoms with van der Waals surface area (Å²) in [6.07, 6.45) is 5.57. The Morgan fingerprint density at radius 1 is 1.17 bits per heavy atom. The maximum atomic E-state index is 13.6. The van der Waals surface area contributed by atoms with Crippen molar-refractivity contribution < 1.29 is 8.81 Å². The number of oxazole rings is 1. The van der Waals surface area contributed by atoms with Crippen LogP contribution in [0.3, 0.4) is 0 Å². The monoisotopic (exact) mass is 310 g/mol. The van der Waals surface area contributed by atoms with Gasteiger partial charge in [0.05, 0.1) is 12.1 Å². The molecule has 0 amide bonds. The first-order valence-electron chi connectivity index (χ1n) is 7.45. The van der Waals surface area contributed by atoms with Gasteiger partial charge < -0.3 is 9.32 Å². The molecule has 1 aliphatic heterocycles. The van der Waals surface area contributed by atoms with E-state index in [1.165, 1.54) is 12.4 Å². The van der Waals surface area contributed by atoms with Crippen LogP contribution in [0, 0.1) is 12.7 Å². The van der Waals surface area contributed by atoms with Gasteiger partial charge in [-0.25, -0.2) is 19.3 Å². The lowest BCUT2D eigenvalue weighted by atomic mass is 10.1. The van der Waals surface area contributed by atoms with Crippen LogP contribution in [-0.4, -0.2) is 21.5 Å². The number of anilines is 1. The molecule has 5 nitrogen and oxygen atoms in total. The summed E-state index contributed by atoms with van der Waals surface area (Å²) in [5, 5.41) is 0. The first kappa shape index (κ1) is 13.9. The molecule has 0 saturated carbocycles. The maximum Gasteiger partial charge on any atom is 0.229 e. The number of hydrogen-bond acceptors (Lipinski definition) is 5. The van der Waals surface area contributed by atoms with Gasteiger partial charge in [0.2, 0.25) is 5.89 Å². The predicted molar refractivity (Wildman–Crippen MR) is 83.4 cm³/mol. The van der Waals surface area contributed by atoms with E-state index in [0.29, 0.717) is 12.4 Å². The van der Waals surface area contributed by atoms with Crippen LogP contribution in [0.25, 0.3) is 11.5 Å². The lowest BCUT2D eigenvalue weighted by Crippen LogP contribution is -2.30. The Morgan fingerprint density at radius 3 is 2.78 bits per heavy atom. The smallest absolute Gasteiger partial charge is 0.229 e. The van der Waals surface area contributed by atoms with Gasteiger partial charge in [-0.2, -0.15) is 0 Å². The van der Waals surface area contributed by atoms with E-state index in [1.807, 2.05) is 13.0 Å². The Balaban J connectivity index is 1.63. The molecule has 0 N–H and O–H groups in total. The number of fused-ring (bicyclic) bond motifs is 1. The lowest BCUT2D eigenvalue weighted by molar-refractivity contribution is 0.499. The number of halogens is 1. The van der Waals surface area contributed by atoms with Gasteiger partial charge in [0.25, 0.3) is 0 Å². The number of nitrogens with zero attached hydrogens (tertiary/aromatic N) is 4. The summed E-state index contributed by atoms with van der Waals surface area (Å²) in [5.41, 5.74) is 3.43. The Morgan fingerprint density at radius 2 is 2.00 bits per heavy atom. The molecule has 0 bridgehead atoms. The van der Waals surface area contributed by atoms with E-state index >= 15 is 0 Å². The van der Waals surface area contributed by atoms with Gasteiger partial charge in [-0.05, 0) is 30.7 Å². The van der Waals surface area contributed by atoms with Crippen molar-refractivity contribution in [3.05, 3.63) is 59.8 Å². The van der Waals surface area contributed by atoms with Crippen molar-refractivity contribution in [3.8, 4) is 11.5 Å². The van der Waals surface area contributed by atoms with E-state index < -0.39 is 0 Å². The summed E-state index contributed by atoms with van der Waals surface area (Å²) in [7, 11) is 0. The average Bonchev–Trinajstić information content (AvgIpc) is 2.98. The van der Waals surface area contributed by atoms with Gasteiger partial charge >= 0.3 is 0 Å². The van der Waals surface area contributed by atoms with Crippen LogP contribution in [0.1, 0.15) is 17.0 Å². The van der Waals surface area contributed by atoms with Crippen molar-refractivity contribution >= 4 is 5.69 Å². The number of aromatic nitrogens is 3. The highest BCUT2D eigenvalue weighted by molar-refractivity contribution is 5.53. The highest BCUT2D eigenvalue weighted by Crippen LogP contribution is 2.28. The number of hydrogen-bond donors (Lipinski definition) is 0. The van der Waals surface area contributed by atoms with Gasteiger partial charge in [-0.1, -0.05) is 0 Å². The predicted octanol–water partition coefficient (Wildman–Crippen LogP) is 3.14. The molecule has 3 heterocycles. The number of rotatable bonds is 2. The van der Waals surface area contributed by atoms with Crippen molar-refractivity contribution in [3.63, 3.8) is 0 Å². The Labute approximate surface area is 132 Å². The molecule has 6 heteroatoms. The highest BCUT2D eigenvalue weighted by Gasteiger charge is 2.23. The fourth-order valence-corrected chi connectivity index (χ4v) is 2.85. The molecule has 3 aromatic rings.